The number of hydrogen-bond acceptors (Lipinski definition) is 3. The van der Waals surface area contributed by atoms with Crippen LogP contribution < -0.4 is 5.56 Å². The minimum atomic E-state index is -1.16. The molecule has 0 bridgehead atoms. The average Bonchev–Trinajstić information content (AvgIpc) is 2.68. The van der Waals surface area contributed by atoms with Gasteiger partial charge in [0.1, 0.15) is 0 Å². The number of aromatic carboxylic acids is 1. The molecule has 2 aromatic heterocycles. The molecule has 0 aliphatic heterocycles. The molecule has 2 heterocycles. The molecule has 0 aliphatic rings. The quantitative estimate of drug-likeness (QED) is 0.710. The van der Waals surface area contributed by atoms with E-state index in [2.05, 4.69) is 9.97 Å². The number of H-pyrrole nitrogens is 1. The van der Waals surface area contributed by atoms with Crippen molar-refractivity contribution < 1.29 is 9.90 Å². The summed E-state index contributed by atoms with van der Waals surface area (Å²) < 4.78 is 1.52. The number of aromatic amines is 1. The Morgan fingerprint density at radius 3 is 2.89 bits per heavy atom. The number of imidazole rings is 1. The fraction of sp³-hybridized carbons (Fsp3) is 0.0833. The third kappa shape index (κ3) is 1.61. The number of carboxylic acids is 1. The number of carboxylic acid groups (broad SMARTS) is 1. The number of fused-ring (bicyclic) bond motifs is 3. The number of hydrogen-bond donors (Lipinski definition) is 2. The maximum atomic E-state index is 11.9. The van der Waals surface area contributed by atoms with Gasteiger partial charge in [-0.1, -0.05) is 11.6 Å². The van der Waals surface area contributed by atoms with E-state index in [1.165, 1.54) is 4.40 Å². The maximum absolute atomic E-state index is 11.9. The zero-order chi connectivity index (χ0) is 13.7. The van der Waals surface area contributed by atoms with Crippen LogP contribution in [0.3, 0.4) is 0 Å². The van der Waals surface area contributed by atoms with Crippen LogP contribution >= 0.6 is 11.6 Å². The first-order valence-corrected chi connectivity index (χ1v) is 5.80. The second-order valence-electron chi connectivity index (χ2n) is 4.13. The molecule has 0 unspecified atom stereocenters. The molecular weight excluding hydrogens is 270 g/mol. The van der Waals surface area contributed by atoms with Gasteiger partial charge in [0.05, 0.1) is 16.7 Å². The molecule has 0 fully saturated rings. The number of benzene rings is 1. The van der Waals surface area contributed by atoms with E-state index >= 15 is 0 Å². The van der Waals surface area contributed by atoms with Gasteiger partial charge >= 0.3 is 5.97 Å². The summed E-state index contributed by atoms with van der Waals surface area (Å²) in [6.07, 6.45) is 0. The van der Waals surface area contributed by atoms with E-state index in [9.17, 15) is 9.59 Å². The lowest BCUT2D eigenvalue weighted by molar-refractivity contribution is 0.0690. The molecule has 7 heteroatoms. The van der Waals surface area contributed by atoms with Crippen molar-refractivity contribution in [3.05, 3.63) is 45.0 Å². The number of carbonyl (C=O) groups is 1. The fourth-order valence-electron chi connectivity index (χ4n) is 2.13. The fourth-order valence-corrected chi connectivity index (χ4v) is 2.30. The predicted octanol–water partition coefficient (Wildman–Crippen LogP) is 1.84. The molecule has 1 aromatic carbocycles. The van der Waals surface area contributed by atoms with Crippen LogP contribution in [0.25, 0.3) is 16.7 Å². The number of aryl methyl sites for hydroxylation is 1. The third-order valence-electron chi connectivity index (χ3n) is 2.96. The highest BCUT2D eigenvalue weighted by molar-refractivity contribution is 6.31. The van der Waals surface area contributed by atoms with Gasteiger partial charge in [-0.15, -0.1) is 0 Å². The average molecular weight is 278 g/mol. The zero-order valence-electron chi connectivity index (χ0n) is 9.77. The van der Waals surface area contributed by atoms with Crippen LogP contribution in [0.4, 0.5) is 0 Å². The van der Waals surface area contributed by atoms with Crippen molar-refractivity contribution in [2.24, 2.45) is 0 Å². The molecule has 3 aromatic rings. The monoisotopic (exact) mass is 277 g/mol. The first kappa shape index (κ1) is 11.7. The van der Waals surface area contributed by atoms with Gasteiger partial charge in [0.2, 0.25) is 5.65 Å². The first-order chi connectivity index (χ1) is 8.99. The van der Waals surface area contributed by atoms with Gasteiger partial charge in [-0.25, -0.2) is 9.78 Å². The lowest BCUT2D eigenvalue weighted by Crippen LogP contribution is -2.11. The summed E-state index contributed by atoms with van der Waals surface area (Å²) in [4.78, 5) is 29.5. The highest BCUT2D eigenvalue weighted by atomic mass is 35.5. The summed E-state index contributed by atoms with van der Waals surface area (Å²) in [6.45, 7) is 1.61. The van der Waals surface area contributed by atoms with E-state index in [0.29, 0.717) is 21.7 Å². The smallest absolute Gasteiger partial charge is 0.356 e. The van der Waals surface area contributed by atoms with Crippen molar-refractivity contribution in [2.45, 2.75) is 6.92 Å². The molecule has 0 radical (unpaired) electrons. The molecule has 0 saturated carbocycles. The Kier molecular flexibility index (Phi) is 2.36. The molecular formula is C12H8ClN3O3. The summed E-state index contributed by atoms with van der Waals surface area (Å²) >= 11 is 5.88. The van der Waals surface area contributed by atoms with Crippen molar-refractivity contribution in [1.82, 2.24) is 14.4 Å². The lowest BCUT2D eigenvalue weighted by Gasteiger charge is -2.03. The molecule has 0 spiro atoms. The van der Waals surface area contributed by atoms with Crippen molar-refractivity contribution in [1.29, 1.82) is 0 Å². The van der Waals surface area contributed by atoms with Gasteiger partial charge < -0.3 is 10.1 Å². The molecule has 3 rings (SSSR count). The molecule has 19 heavy (non-hydrogen) atoms. The Morgan fingerprint density at radius 1 is 1.47 bits per heavy atom. The van der Waals surface area contributed by atoms with Gasteiger partial charge in [0.15, 0.2) is 5.69 Å². The Morgan fingerprint density at radius 2 is 2.21 bits per heavy atom. The van der Waals surface area contributed by atoms with Crippen LogP contribution in [0.5, 0.6) is 0 Å². The zero-order valence-corrected chi connectivity index (χ0v) is 10.5. The normalized spacial score (nSPS) is 11.3. The largest absolute Gasteiger partial charge is 0.476 e. The summed E-state index contributed by atoms with van der Waals surface area (Å²) in [7, 11) is 0. The molecule has 6 nitrogen and oxygen atoms in total. The number of rotatable bonds is 1. The molecule has 0 aliphatic carbocycles. The summed E-state index contributed by atoms with van der Waals surface area (Å²) in [5.41, 5.74) is 1.06. The number of nitrogens with one attached hydrogen (secondary N) is 1. The van der Waals surface area contributed by atoms with Gasteiger partial charge in [-0.3, -0.25) is 9.20 Å². The topological polar surface area (TPSA) is 87.5 Å². The first-order valence-electron chi connectivity index (χ1n) is 5.43. The van der Waals surface area contributed by atoms with Crippen LogP contribution in [-0.2, 0) is 0 Å². The summed E-state index contributed by atoms with van der Waals surface area (Å²) in [6, 6.07) is 4.99. The van der Waals surface area contributed by atoms with E-state index in [4.69, 9.17) is 16.7 Å². The van der Waals surface area contributed by atoms with Crippen LogP contribution in [0.15, 0.2) is 23.0 Å². The molecule has 0 atom stereocenters. The van der Waals surface area contributed by atoms with Gasteiger partial charge in [-0.2, -0.15) is 0 Å². The Balaban J connectivity index is 2.60. The van der Waals surface area contributed by atoms with Crippen LogP contribution in [-0.4, -0.2) is 25.4 Å². The highest BCUT2D eigenvalue weighted by Gasteiger charge is 2.18. The molecule has 96 valence electrons. The number of aromatic nitrogens is 3. The highest BCUT2D eigenvalue weighted by Crippen LogP contribution is 2.20. The number of nitrogens with zero attached hydrogens (tertiary/aromatic N) is 2. The standard InChI is InChI=1S/C12H8ClN3O3/c1-5-9(12(18)19)15-10-11(17)14-7-4-6(13)2-3-8(7)16(5)10/h2-4H,1H3,(H,14,17)(H,18,19). The van der Waals surface area contributed by atoms with Crippen molar-refractivity contribution in [3.63, 3.8) is 0 Å². The van der Waals surface area contributed by atoms with Crippen LogP contribution in [0.2, 0.25) is 5.02 Å². The van der Waals surface area contributed by atoms with Gasteiger partial charge in [0, 0.05) is 5.02 Å². The summed E-state index contributed by atoms with van der Waals surface area (Å²) in [5.74, 6) is -1.16. The summed E-state index contributed by atoms with van der Waals surface area (Å²) in [5, 5.41) is 9.55. The van der Waals surface area contributed by atoms with E-state index < -0.39 is 11.5 Å². The SMILES string of the molecule is Cc1c(C(=O)O)nc2c(=O)[nH]c3cc(Cl)ccc3n12. The minimum absolute atomic E-state index is 0.0599. The lowest BCUT2D eigenvalue weighted by atomic mass is 10.3. The third-order valence-corrected chi connectivity index (χ3v) is 3.20. The van der Waals surface area contributed by atoms with Gasteiger partial charge in [-0.05, 0) is 25.1 Å². The molecule has 0 amide bonds. The van der Waals surface area contributed by atoms with Crippen molar-refractivity contribution in [2.75, 3.05) is 0 Å². The second-order valence-corrected chi connectivity index (χ2v) is 4.56. The minimum Gasteiger partial charge on any atom is -0.476 e. The van der Waals surface area contributed by atoms with E-state index in [1.54, 1.807) is 25.1 Å². The Bertz CT molecular complexity index is 894. The molecule has 0 saturated heterocycles. The predicted molar refractivity (Wildman–Crippen MR) is 70.0 cm³/mol. The van der Waals surface area contributed by atoms with Crippen LogP contribution in [0.1, 0.15) is 16.2 Å². The van der Waals surface area contributed by atoms with Crippen LogP contribution in [0, 0.1) is 6.92 Å². The van der Waals surface area contributed by atoms with E-state index in [0.717, 1.165) is 0 Å². The van der Waals surface area contributed by atoms with E-state index in [1.807, 2.05) is 0 Å². The van der Waals surface area contributed by atoms with Crippen molar-refractivity contribution in [3.8, 4) is 0 Å². The maximum Gasteiger partial charge on any atom is 0.356 e. The van der Waals surface area contributed by atoms with E-state index in [-0.39, 0.29) is 11.3 Å². The van der Waals surface area contributed by atoms with Crippen molar-refractivity contribution >= 4 is 34.3 Å². The Labute approximate surface area is 111 Å². The Hall–Kier alpha value is -2.34. The second kappa shape index (κ2) is 3.83. The molecule has 2 N–H and O–H groups in total. The number of halogens is 1. The van der Waals surface area contributed by atoms with Gasteiger partial charge in [0.25, 0.3) is 5.56 Å².